The number of amides is 2. The van der Waals surface area contributed by atoms with Gasteiger partial charge < -0.3 is 19.5 Å². The Morgan fingerprint density at radius 1 is 0.933 bits per heavy atom. The van der Waals surface area contributed by atoms with Crippen molar-refractivity contribution in [2.24, 2.45) is 0 Å². The minimum absolute atomic E-state index is 0.0690. The van der Waals surface area contributed by atoms with E-state index in [9.17, 15) is 9.59 Å². The number of nitrogens with one attached hydrogen (secondary N) is 1. The summed E-state index contributed by atoms with van der Waals surface area (Å²) in [7, 11) is 0. The zero-order valence-corrected chi connectivity index (χ0v) is 17.5. The van der Waals surface area contributed by atoms with E-state index in [0.717, 1.165) is 37.0 Å². The van der Waals surface area contributed by atoms with Crippen LogP contribution in [0.2, 0.25) is 0 Å². The van der Waals surface area contributed by atoms with E-state index in [1.807, 2.05) is 21.9 Å². The molecule has 160 valence electrons. The van der Waals surface area contributed by atoms with Crippen molar-refractivity contribution in [1.82, 2.24) is 19.7 Å². The SMILES string of the molecule is O=C(CN1CCOCC1)N1CCN(C(=O)c2cccc3c4c([nH]c23)CCCC4)CC1. The average Bonchev–Trinajstić information content (AvgIpc) is 3.18. The molecule has 2 aliphatic heterocycles. The summed E-state index contributed by atoms with van der Waals surface area (Å²) < 4.78 is 5.35. The number of rotatable bonds is 3. The zero-order valence-electron chi connectivity index (χ0n) is 17.5. The first kappa shape index (κ1) is 19.6. The van der Waals surface area contributed by atoms with Crippen LogP contribution in [0.3, 0.4) is 0 Å². The van der Waals surface area contributed by atoms with Crippen LogP contribution in [0.1, 0.15) is 34.5 Å². The van der Waals surface area contributed by atoms with Gasteiger partial charge in [0.15, 0.2) is 0 Å². The van der Waals surface area contributed by atoms with Gasteiger partial charge in [0.2, 0.25) is 5.91 Å². The quantitative estimate of drug-likeness (QED) is 0.836. The van der Waals surface area contributed by atoms with Gasteiger partial charge >= 0.3 is 0 Å². The number of piperazine rings is 1. The third-order valence-electron chi connectivity index (χ3n) is 6.75. The Kier molecular flexibility index (Phi) is 5.48. The number of nitrogens with zero attached hydrogens (tertiary/aromatic N) is 3. The summed E-state index contributed by atoms with van der Waals surface area (Å²) in [6, 6.07) is 6.07. The largest absolute Gasteiger partial charge is 0.379 e. The fourth-order valence-corrected chi connectivity index (χ4v) is 4.99. The van der Waals surface area contributed by atoms with Gasteiger partial charge in [-0.25, -0.2) is 0 Å². The molecular weight excluding hydrogens is 380 g/mol. The highest BCUT2D eigenvalue weighted by molar-refractivity contribution is 6.07. The molecule has 7 heteroatoms. The van der Waals surface area contributed by atoms with Crippen molar-refractivity contribution in [2.45, 2.75) is 25.7 Å². The van der Waals surface area contributed by atoms with Gasteiger partial charge in [-0.3, -0.25) is 14.5 Å². The van der Waals surface area contributed by atoms with Gasteiger partial charge in [0.1, 0.15) is 0 Å². The Balaban J connectivity index is 1.25. The number of morpholine rings is 1. The molecule has 7 nitrogen and oxygen atoms in total. The van der Waals surface area contributed by atoms with Crippen LogP contribution in [-0.4, -0.2) is 90.5 Å². The highest BCUT2D eigenvalue weighted by Crippen LogP contribution is 2.31. The number of aryl methyl sites for hydroxylation is 2. The lowest BCUT2D eigenvalue weighted by Gasteiger charge is -2.36. The predicted molar refractivity (Wildman–Crippen MR) is 115 cm³/mol. The molecule has 2 aromatic rings. The third-order valence-corrected chi connectivity index (χ3v) is 6.75. The smallest absolute Gasteiger partial charge is 0.256 e. The molecule has 30 heavy (non-hydrogen) atoms. The summed E-state index contributed by atoms with van der Waals surface area (Å²) in [6.07, 6.45) is 4.60. The molecule has 2 fully saturated rings. The maximum atomic E-state index is 13.3. The molecule has 0 atom stereocenters. The average molecular weight is 411 g/mol. The van der Waals surface area contributed by atoms with Crippen molar-refractivity contribution >= 4 is 22.7 Å². The highest BCUT2D eigenvalue weighted by Gasteiger charge is 2.28. The first-order valence-corrected chi connectivity index (χ1v) is 11.2. The van der Waals surface area contributed by atoms with Gasteiger partial charge in [0, 0.05) is 50.3 Å². The first-order valence-electron chi connectivity index (χ1n) is 11.2. The van der Waals surface area contributed by atoms with E-state index in [1.165, 1.54) is 29.5 Å². The number of ether oxygens (including phenoxy) is 1. The molecule has 2 amide bonds. The van der Waals surface area contributed by atoms with Crippen LogP contribution in [0, 0.1) is 0 Å². The van der Waals surface area contributed by atoms with Crippen LogP contribution in [0.25, 0.3) is 10.9 Å². The molecule has 1 N–H and O–H groups in total. The van der Waals surface area contributed by atoms with Crippen LogP contribution in [-0.2, 0) is 22.4 Å². The van der Waals surface area contributed by atoms with Gasteiger partial charge in [-0.15, -0.1) is 0 Å². The summed E-state index contributed by atoms with van der Waals surface area (Å²) in [6.45, 7) is 5.85. The molecule has 1 aromatic carbocycles. The molecule has 3 heterocycles. The third kappa shape index (κ3) is 3.72. The molecule has 0 unspecified atom stereocenters. The first-order chi connectivity index (χ1) is 14.7. The molecule has 0 radical (unpaired) electrons. The molecule has 0 spiro atoms. The number of fused-ring (bicyclic) bond motifs is 3. The van der Waals surface area contributed by atoms with E-state index >= 15 is 0 Å². The van der Waals surface area contributed by atoms with E-state index in [-0.39, 0.29) is 11.8 Å². The van der Waals surface area contributed by atoms with Crippen molar-refractivity contribution in [3.05, 3.63) is 35.0 Å². The van der Waals surface area contributed by atoms with Crippen molar-refractivity contribution in [3.63, 3.8) is 0 Å². The summed E-state index contributed by atoms with van der Waals surface area (Å²) >= 11 is 0. The van der Waals surface area contributed by atoms with Crippen molar-refractivity contribution in [2.75, 3.05) is 59.0 Å². The zero-order chi connectivity index (χ0) is 20.5. The van der Waals surface area contributed by atoms with E-state index in [1.54, 1.807) is 0 Å². The van der Waals surface area contributed by atoms with Crippen LogP contribution in [0.15, 0.2) is 18.2 Å². The molecule has 3 aliphatic rings. The Labute approximate surface area is 176 Å². The lowest BCUT2D eigenvalue weighted by Crippen LogP contribution is -2.53. The number of aromatic nitrogens is 1. The second-order valence-corrected chi connectivity index (χ2v) is 8.58. The van der Waals surface area contributed by atoms with Gasteiger partial charge in [-0.2, -0.15) is 0 Å². The fraction of sp³-hybridized carbons (Fsp3) is 0.565. The molecule has 0 saturated carbocycles. The number of H-pyrrole nitrogens is 1. The molecular formula is C23H30N4O3. The molecule has 0 bridgehead atoms. The van der Waals surface area contributed by atoms with Crippen LogP contribution in [0.4, 0.5) is 0 Å². The predicted octanol–water partition coefficient (Wildman–Crippen LogP) is 1.66. The number of carbonyl (C=O) groups is 2. The number of hydrogen-bond donors (Lipinski definition) is 1. The topological polar surface area (TPSA) is 68.9 Å². The van der Waals surface area contributed by atoms with Gasteiger partial charge in [0.05, 0.1) is 30.8 Å². The van der Waals surface area contributed by atoms with E-state index in [0.29, 0.717) is 45.9 Å². The summed E-state index contributed by atoms with van der Waals surface area (Å²) in [5.74, 6) is 0.225. The van der Waals surface area contributed by atoms with Gasteiger partial charge in [0.25, 0.3) is 5.91 Å². The second kappa shape index (κ2) is 8.40. The number of hydrogen-bond acceptors (Lipinski definition) is 4. The lowest BCUT2D eigenvalue weighted by atomic mass is 9.95. The van der Waals surface area contributed by atoms with Gasteiger partial charge in [-0.1, -0.05) is 12.1 Å². The van der Waals surface area contributed by atoms with E-state index in [2.05, 4.69) is 16.0 Å². The molecule has 5 rings (SSSR count). The normalized spacial score (nSPS) is 20.4. The summed E-state index contributed by atoms with van der Waals surface area (Å²) in [5.41, 5.74) is 4.44. The number of carbonyl (C=O) groups excluding carboxylic acids is 2. The number of aromatic amines is 1. The maximum absolute atomic E-state index is 13.3. The standard InChI is InChI=1S/C23H30N4O3/c28-21(16-25-12-14-30-15-13-25)26-8-10-27(11-9-26)23(29)19-6-3-5-18-17-4-1-2-7-20(17)24-22(18)19/h3,5-6,24H,1-2,4,7-16H2. The lowest BCUT2D eigenvalue weighted by molar-refractivity contribution is -0.134. The molecule has 2 saturated heterocycles. The van der Waals surface area contributed by atoms with Crippen molar-refractivity contribution < 1.29 is 14.3 Å². The Bertz CT molecular complexity index is 939. The fourth-order valence-electron chi connectivity index (χ4n) is 4.99. The van der Waals surface area contributed by atoms with E-state index in [4.69, 9.17) is 4.74 Å². The second-order valence-electron chi connectivity index (χ2n) is 8.58. The number of para-hydroxylation sites is 1. The van der Waals surface area contributed by atoms with Crippen LogP contribution >= 0.6 is 0 Å². The minimum atomic E-state index is 0.0690. The monoisotopic (exact) mass is 410 g/mol. The number of benzene rings is 1. The van der Waals surface area contributed by atoms with E-state index < -0.39 is 0 Å². The Hall–Kier alpha value is -2.38. The van der Waals surface area contributed by atoms with Gasteiger partial charge in [-0.05, 0) is 37.3 Å². The van der Waals surface area contributed by atoms with Crippen LogP contribution in [0.5, 0.6) is 0 Å². The summed E-state index contributed by atoms with van der Waals surface area (Å²) in [4.78, 5) is 35.4. The summed E-state index contributed by atoms with van der Waals surface area (Å²) in [5, 5.41) is 1.20. The Morgan fingerprint density at radius 3 is 2.47 bits per heavy atom. The van der Waals surface area contributed by atoms with Crippen molar-refractivity contribution in [1.29, 1.82) is 0 Å². The molecule has 1 aromatic heterocycles. The minimum Gasteiger partial charge on any atom is -0.379 e. The van der Waals surface area contributed by atoms with Crippen molar-refractivity contribution in [3.8, 4) is 0 Å². The highest BCUT2D eigenvalue weighted by atomic mass is 16.5. The van der Waals surface area contributed by atoms with Crippen LogP contribution < -0.4 is 0 Å². The molecule has 1 aliphatic carbocycles. The maximum Gasteiger partial charge on any atom is 0.256 e. The Morgan fingerprint density at radius 2 is 1.67 bits per heavy atom.